The summed E-state index contributed by atoms with van der Waals surface area (Å²) in [4.78, 5) is 4.04. The Bertz CT molecular complexity index is 378. The molecule has 1 aromatic heterocycles. The number of hydrogen-bond donors (Lipinski definition) is 1. The highest BCUT2D eigenvalue weighted by molar-refractivity contribution is 9.10. The molecule has 1 aliphatic heterocycles. The van der Waals surface area contributed by atoms with Crippen molar-refractivity contribution in [1.29, 1.82) is 0 Å². The van der Waals surface area contributed by atoms with Crippen molar-refractivity contribution in [2.75, 3.05) is 19.6 Å². The third-order valence-corrected chi connectivity index (χ3v) is 5.99. The molecular formula is C15H25BrN2S. The van der Waals surface area contributed by atoms with E-state index in [9.17, 15) is 0 Å². The van der Waals surface area contributed by atoms with E-state index in [1.54, 1.807) is 0 Å². The van der Waals surface area contributed by atoms with E-state index in [0.29, 0.717) is 6.04 Å². The molecule has 0 spiro atoms. The van der Waals surface area contributed by atoms with E-state index in [1.165, 1.54) is 48.2 Å². The number of thiophene rings is 1. The number of halogens is 1. The van der Waals surface area contributed by atoms with Crippen LogP contribution in [0.5, 0.6) is 0 Å². The fourth-order valence-corrected chi connectivity index (χ4v) is 4.33. The summed E-state index contributed by atoms with van der Waals surface area (Å²) in [5.74, 6) is 0.805. The van der Waals surface area contributed by atoms with Crippen LogP contribution in [0.1, 0.15) is 38.0 Å². The molecule has 1 aromatic rings. The SMILES string of the molecule is CCCN1CCCC(C(C)NCc2sccc2Br)C1. The first-order valence-corrected chi connectivity index (χ1v) is 9.05. The largest absolute Gasteiger partial charge is 0.309 e. The highest BCUT2D eigenvalue weighted by Crippen LogP contribution is 2.24. The maximum Gasteiger partial charge on any atom is 0.0327 e. The van der Waals surface area contributed by atoms with Crippen molar-refractivity contribution < 1.29 is 0 Å². The average Bonchev–Trinajstić information content (AvgIpc) is 2.82. The fourth-order valence-electron chi connectivity index (χ4n) is 2.89. The molecule has 2 heterocycles. The molecule has 1 N–H and O–H groups in total. The second kappa shape index (κ2) is 7.77. The van der Waals surface area contributed by atoms with E-state index in [0.717, 1.165) is 12.5 Å². The van der Waals surface area contributed by atoms with Crippen LogP contribution >= 0.6 is 27.3 Å². The Labute approximate surface area is 129 Å². The van der Waals surface area contributed by atoms with Crippen LogP contribution in [-0.4, -0.2) is 30.6 Å². The molecule has 2 atom stereocenters. The molecule has 1 aliphatic rings. The third-order valence-electron chi connectivity index (χ3n) is 4.06. The molecule has 0 bridgehead atoms. The number of nitrogens with one attached hydrogen (secondary N) is 1. The lowest BCUT2D eigenvalue weighted by atomic mass is 9.91. The lowest BCUT2D eigenvalue weighted by molar-refractivity contribution is 0.150. The van der Waals surface area contributed by atoms with Gasteiger partial charge in [0.1, 0.15) is 0 Å². The van der Waals surface area contributed by atoms with Gasteiger partial charge in [-0.05, 0) is 72.6 Å². The van der Waals surface area contributed by atoms with E-state index >= 15 is 0 Å². The zero-order valence-corrected chi connectivity index (χ0v) is 14.4. The first-order chi connectivity index (χ1) is 9.20. The summed E-state index contributed by atoms with van der Waals surface area (Å²) >= 11 is 5.43. The first-order valence-electron chi connectivity index (χ1n) is 7.38. The van der Waals surface area contributed by atoms with Gasteiger partial charge in [0.25, 0.3) is 0 Å². The molecule has 0 aliphatic carbocycles. The van der Waals surface area contributed by atoms with Crippen LogP contribution in [-0.2, 0) is 6.54 Å². The fraction of sp³-hybridized carbons (Fsp3) is 0.733. The highest BCUT2D eigenvalue weighted by atomic mass is 79.9. The van der Waals surface area contributed by atoms with E-state index < -0.39 is 0 Å². The minimum absolute atomic E-state index is 0.605. The molecule has 2 nitrogen and oxygen atoms in total. The summed E-state index contributed by atoms with van der Waals surface area (Å²) in [6.07, 6.45) is 4.01. The first kappa shape index (κ1) is 15.5. The standard InChI is InChI=1S/C15H25BrN2S/c1-3-7-18-8-4-5-13(11-18)12(2)17-10-15-14(16)6-9-19-15/h6,9,12-13,17H,3-5,7-8,10-11H2,1-2H3. The normalized spacial score (nSPS) is 22.6. The van der Waals surface area contributed by atoms with Crippen LogP contribution in [0.2, 0.25) is 0 Å². The third kappa shape index (κ3) is 4.55. The van der Waals surface area contributed by atoms with Gasteiger partial charge in [0.05, 0.1) is 0 Å². The van der Waals surface area contributed by atoms with Crippen molar-refractivity contribution in [3.8, 4) is 0 Å². The Morgan fingerprint density at radius 2 is 2.42 bits per heavy atom. The Morgan fingerprint density at radius 3 is 3.11 bits per heavy atom. The summed E-state index contributed by atoms with van der Waals surface area (Å²) in [5.41, 5.74) is 0. The molecule has 0 radical (unpaired) electrons. The Morgan fingerprint density at radius 1 is 1.58 bits per heavy atom. The van der Waals surface area contributed by atoms with Crippen molar-refractivity contribution in [2.45, 2.75) is 45.7 Å². The van der Waals surface area contributed by atoms with Gasteiger partial charge in [0.2, 0.25) is 0 Å². The molecule has 0 amide bonds. The van der Waals surface area contributed by atoms with Gasteiger partial charge < -0.3 is 10.2 Å². The predicted octanol–water partition coefficient (Wildman–Crippen LogP) is 4.11. The van der Waals surface area contributed by atoms with E-state index in [2.05, 4.69) is 51.4 Å². The van der Waals surface area contributed by atoms with E-state index in [-0.39, 0.29) is 0 Å². The molecule has 2 unspecified atom stereocenters. The van der Waals surface area contributed by atoms with Crippen LogP contribution in [0.15, 0.2) is 15.9 Å². The zero-order chi connectivity index (χ0) is 13.7. The van der Waals surface area contributed by atoms with Crippen LogP contribution in [0, 0.1) is 5.92 Å². The number of hydrogen-bond acceptors (Lipinski definition) is 3. The number of nitrogens with zero attached hydrogens (tertiary/aromatic N) is 1. The Hall–Kier alpha value is 0.100. The van der Waals surface area contributed by atoms with Crippen LogP contribution < -0.4 is 5.32 Å². The number of rotatable bonds is 6. The summed E-state index contributed by atoms with van der Waals surface area (Å²) in [7, 11) is 0. The molecule has 0 saturated carbocycles. The van der Waals surface area contributed by atoms with Gasteiger partial charge in [-0.2, -0.15) is 0 Å². The van der Waals surface area contributed by atoms with Crippen molar-refractivity contribution in [1.82, 2.24) is 10.2 Å². The van der Waals surface area contributed by atoms with Gasteiger partial charge in [0.15, 0.2) is 0 Å². The van der Waals surface area contributed by atoms with Gasteiger partial charge in [-0.3, -0.25) is 0 Å². The summed E-state index contributed by atoms with van der Waals surface area (Å²) in [6.45, 7) is 9.45. The van der Waals surface area contributed by atoms with Crippen LogP contribution in [0.3, 0.4) is 0 Å². The summed E-state index contributed by atoms with van der Waals surface area (Å²) < 4.78 is 1.24. The van der Waals surface area contributed by atoms with E-state index in [1.807, 2.05) is 11.3 Å². The van der Waals surface area contributed by atoms with Crippen LogP contribution in [0.4, 0.5) is 0 Å². The maximum absolute atomic E-state index is 3.71. The van der Waals surface area contributed by atoms with Gasteiger partial charge in [-0.1, -0.05) is 6.92 Å². The second-order valence-corrected chi connectivity index (χ2v) is 7.42. The highest BCUT2D eigenvalue weighted by Gasteiger charge is 2.23. The van der Waals surface area contributed by atoms with Crippen LogP contribution in [0.25, 0.3) is 0 Å². The number of likely N-dealkylation sites (tertiary alicyclic amines) is 1. The molecule has 4 heteroatoms. The van der Waals surface area contributed by atoms with Gasteiger partial charge in [0, 0.05) is 28.5 Å². The van der Waals surface area contributed by atoms with Crippen molar-refractivity contribution in [3.63, 3.8) is 0 Å². The quantitative estimate of drug-likeness (QED) is 0.835. The Balaban J connectivity index is 1.79. The maximum atomic E-state index is 3.71. The zero-order valence-electron chi connectivity index (χ0n) is 12.0. The molecule has 19 heavy (non-hydrogen) atoms. The number of piperidine rings is 1. The van der Waals surface area contributed by atoms with Gasteiger partial charge in [-0.25, -0.2) is 0 Å². The summed E-state index contributed by atoms with van der Waals surface area (Å²) in [5, 5.41) is 5.86. The minimum atomic E-state index is 0.605. The lowest BCUT2D eigenvalue weighted by Gasteiger charge is -2.36. The molecule has 1 saturated heterocycles. The van der Waals surface area contributed by atoms with Crippen molar-refractivity contribution in [2.24, 2.45) is 5.92 Å². The predicted molar refractivity (Wildman–Crippen MR) is 87.8 cm³/mol. The monoisotopic (exact) mass is 344 g/mol. The topological polar surface area (TPSA) is 15.3 Å². The molecule has 2 rings (SSSR count). The Kier molecular flexibility index (Phi) is 6.33. The van der Waals surface area contributed by atoms with Gasteiger partial charge in [-0.15, -0.1) is 11.3 Å². The van der Waals surface area contributed by atoms with E-state index in [4.69, 9.17) is 0 Å². The molecule has 0 aromatic carbocycles. The molecule has 1 fully saturated rings. The molecule has 108 valence electrons. The summed E-state index contributed by atoms with van der Waals surface area (Å²) in [6, 6.07) is 2.74. The minimum Gasteiger partial charge on any atom is -0.309 e. The van der Waals surface area contributed by atoms with Gasteiger partial charge >= 0.3 is 0 Å². The second-order valence-electron chi connectivity index (χ2n) is 5.56. The smallest absolute Gasteiger partial charge is 0.0327 e. The van der Waals surface area contributed by atoms with Crippen molar-refractivity contribution in [3.05, 3.63) is 20.8 Å². The lowest BCUT2D eigenvalue weighted by Crippen LogP contribution is -2.44. The average molecular weight is 345 g/mol. The van der Waals surface area contributed by atoms with Crippen molar-refractivity contribution >= 4 is 27.3 Å². The molecular weight excluding hydrogens is 320 g/mol.